The highest BCUT2D eigenvalue weighted by Gasteiger charge is 2.03. The molecule has 0 spiro atoms. The Labute approximate surface area is 118 Å². The van der Waals surface area contributed by atoms with Crippen LogP contribution >= 0.6 is 0 Å². The molecule has 0 aliphatic carbocycles. The van der Waals surface area contributed by atoms with Gasteiger partial charge in [-0.2, -0.15) is 0 Å². The number of esters is 1. The van der Waals surface area contributed by atoms with Crippen molar-refractivity contribution in [3.05, 3.63) is 41.5 Å². The normalized spacial score (nSPS) is 8.95. The lowest BCUT2D eigenvalue weighted by molar-refractivity contribution is -0.135. The number of carbonyl (C=O) groups is 2. The van der Waals surface area contributed by atoms with Gasteiger partial charge < -0.3 is 9.47 Å². The predicted molar refractivity (Wildman–Crippen MR) is 75.5 cm³/mol. The standard InChI is InChI=1S/C16H16O4/c1-12(2)10-11-20-16(18)9-8-15(17)13-4-6-14(19-3)7-5-13/h4-7,10H,11H2,1-3H3. The zero-order valence-electron chi connectivity index (χ0n) is 11.7. The first-order valence-electron chi connectivity index (χ1n) is 6.03. The SMILES string of the molecule is COc1ccc(C(=O)C#CC(=O)OCC=C(C)C)cc1. The van der Waals surface area contributed by atoms with Crippen molar-refractivity contribution in [2.24, 2.45) is 0 Å². The van der Waals surface area contributed by atoms with Crippen LogP contribution in [0.5, 0.6) is 5.75 Å². The Hall–Kier alpha value is -2.54. The molecule has 0 amide bonds. The third-order valence-electron chi connectivity index (χ3n) is 2.34. The quantitative estimate of drug-likeness (QED) is 0.211. The average molecular weight is 272 g/mol. The van der Waals surface area contributed by atoms with Crippen LogP contribution in [0.25, 0.3) is 0 Å². The Bertz CT molecular complexity index is 567. The number of hydrogen-bond acceptors (Lipinski definition) is 4. The molecular formula is C16H16O4. The van der Waals surface area contributed by atoms with Gasteiger partial charge in [0.2, 0.25) is 5.78 Å². The molecule has 0 aromatic heterocycles. The van der Waals surface area contributed by atoms with Crippen LogP contribution in [0.2, 0.25) is 0 Å². The minimum Gasteiger partial charge on any atom is -0.497 e. The minimum atomic E-state index is -0.718. The Balaban J connectivity index is 2.59. The molecule has 1 aromatic carbocycles. The van der Waals surface area contributed by atoms with Crippen LogP contribution < -0.4 is 4.74 Å². The molecule has 0 aliphatic heterocycles. The fourth-order valence-corrected chi connectivity index (χ4v) is 1.24. The molecule has 1 rings (SSSR count). The maximum Gasteiger partial charge on any atom is 0.385 e. The summed E-state index contributed by atoms with van der Waals surface area (Å²) in [7, 11) is 1.54. The molecule has 0 fully saturated rings. The van der Waals surface area contributed by atoms with E-state index in [2.05, 4.69) is 11.8 Å². The van der Waals surface area contributed by atoms with Gasteiger partial charge in [0.1, 0.15) is 12.4 Å². The van der Waals surface area contributed by atoms with Crippen LogP contribution in [0.3, 0.4) is 0 Å². The topological polar surface area (TPSA) is 52.6 Å². The summed E-state index contributed by atoms with van der Waals surface area (Å²) in [6.45, 7) is 3.95. The smallest absolute Gasteiger partial charge is 0.385 e. The summed E-state index contributed by atoms with van der Waals surface area (Å²) in [5.41, 5.74) is 1.44. The van der Waals surface area contributed by atoms with Crippen molar-refractivity contribution in [3.8, 4) is 17.6 Å². The van der Waals surface area contributed by atoms with Crippen LogP contribution in [0.15, 0.2) is 35.9 Å². The van der Waals surface area contributed by atoms with Crippen LogP contribution in [-0.2, 0) is 9.53 Å². The number of rotatable bonds is 4. The Morgan fingerprint density at radius 3 is 2.35 bits per heavy atom. The fourth-order valence-electron chi connectivity index (χ4n) is 1.24. The van der Waals surface area contributed by atoms with Crippen molar-refractivity contribution in [2.75, 3.05) is 13.7 Å². The van der Waals surface area contributed by atoms with Gasteiger partial charge in [-0.25, -0.2) is 4.79 Å². The summed E-state index contributed by atoms with van der Waals surface area (Å²) >= 11 is 0. The fraction of sp³-hybridized carbons (Fsp3) is 0.250. The van der Waals surface area contributed by atoms with Gasteiger partial charge in [-0.3, -0.25) is 4.79 Å². The highest BCUT2D eigenvalue weighted by atomic mass is 16.5. The van der Waals surface area contributed by atoms with Gasteiger partial charge in [-0.15, -0.1) is 0 Å². The number of carbonyl (C=O) groups excluding carboxylic acids is 2. The van der Waals surface area contributed by atoms with E-state index >= 15 is 0 Å². The molecular weight excluding hydrogens is 256 g/mol. The van der Waals surface area contributed by atoms with Crippen molar-refractivity contribution in [2.45, 2.75) is 13.8 Å². The molecule has 0 saturated carbocycles. The van der Waals surface area contributed by atoms with E-state index in [1.807, 2.05) is 13.8 Å². The Morgan fingerprint density at radius 2 is 1.80 bits per heavy atom. The molecule has 0 unspecified atom stereocenters. The Morgan fingerprint density at radius 1 is 1.15 bits per heavy atom. The zero-order chi connectivity index (χ0) is 15.0. The number of ether oxygens (including phenoxy) is 2. The number of allylic oxidation sites excluding steroid dienone is 1. The molecule has 4 heteroatoms. The summed E-state index contributed by atoms with van der Waals surface area (Å²) in [5, 5.41) is 0. The van der Waals surface area contributed by atoms with Crippen LogP contribution in [0.4, 0.5) is 0 Å². The van der Waals surface area contributed by atoms with Crippen LogP contribution in [-0.4, -0.2) is 25.5 Å². The Kier molecular flexibility index (Phi) is 6.05. The molecule has 0 bridgehead atoms. The first-order chi connectivity index (χ1) is 9.52. The number of methoxy groups -OCH3 is 1. The largest absolute Gasteiger partial charge is 0.497 e. The lowest BCUT2D eigenvalue weighted by Crippen LogP contribution is -2.03. The summed E-state index contributed by atoms with van der Waals surface area (Å²) in [4.78, 5) is 23.0. The molecule has 20 heavy (non-hydrogen) atoms. The van der Waals surface area contributed by atoms with Crippen LogP contribution in [0, 0.1) is 11.8 Å². The van der Waals surface area contributed by atoms with Gasteiger partial charge in [-0.1, -0.05) is 5.57 Å². The zero-order valence-corrected chi connectivity index (χ0v) is 11.7. The molecule has 0 atom stereocenters. The molecule has 0 aliphatic rings. The lowest BCUT2D eigenvalue weighted by atomic mass is 10.1. The highest BCUT2D eigenvalue weighted by molar-refractivity contribution is 6.11. The van der Waals surface area contributed by atoms with Crippen molar-refractivity contribution in [3.63, 3.8) is 0 Å². The summed E-state index contributed by atoms with van der Waals surface area (Å²) < 4.78 is 9.80. The first-order valence-corrected chi connectivity index (χ1v) is 6.03. The maximum atomic E-state index is 11.7. The van der Waals surface area contributed by atoms with Crippen LogP contribution in [0.1, 0.15) is 24.2 Å². The van der Waals surface area contributed by atoms with E-state index in [1.54, 1.807) is 37.5 Å². The van der Waals surface area contributed by atoms with E-state index in [-0.39, 0.29) is 6.61 Å². The third kappa shape index (κ3) is 5.40. The predicted octanol–water partition coefficient (Wildman–Crippen LogP) is 2.39. The minimum absolute atomic E-state index is 0.159. The summed E-state index contributed by atoms with van der Waals surface area (Å²) in [5.74, 6) is 3.90. The number of hydrogen-bond donors (Lipinski definition) is 0. The maximum absolute atomic E-state index is 11.7. The molecule has 104 valence electrons. The van der Waals surface area contributed by atoms with E-state index in [0.717, 1.165) is 5.57 Å². The van der Waals surface area contributed by atoms with Gasteiger partial charge in [-0.05, 0) is 50.1 Å². The number of Topliss-reactive ketones (excluding diaryl/α,β-unsaturated/α-hetero) is 1. The molecule has 0 radical (unpaired) electrons. The highest BCUT2D eigenvalue weighted by Crippen LogP contribution is 2.11. The second-order valence-corrected chi connectivity index (χ2v) is 4.19. The number of ketones is 1. The third-order valence-corrected chi connectivity index (χ3v) is 2.34. The summed E-state index contributed by atoms with van der Waals surface area (Å²) in [6.07, 6.45) is 1.75. The second-order valence-electron chi connectivity index (χ2n) is 4.19. The molecule has 4 nitrogen and oxygen atoms in total. The van der Waals surface area contributed by atoms with E-state index < -0.39 is 11.8 Å². The van der Waals surface area contributed by atoms with E-state index in [4.69, 9.17) is 9.47 Å². The molecule has 0 saturated heterocycles. The van der Waals surface area contributed by atoms with E-state index in [9.17, 15) is 9.59 Å². The first kappa shape index (κ1) is 15.5. The van der Waals surface area contributed by atoms with Crippen molar-refractivity contribution >= 4 is 11.8 Å². The van der Waals surface area contributed by atoms with Crippen molar-refractivity contribution in [1.82, 2.24) is 0 Å². The van der Waals surface area contributed by atoms with E-state index in [0.29, 0.717) is 11.3 Å². The van der Waals surface area contributed by atoms with Gasteiger partial charge in [0.15, 0.2) is 0 Å². The van der Waals surface area contributed by atoms with Gasteiger partial charge in [0.25, 0.3) is 0 Å². The van der Waals surface area contributed by atoms with Gasteiger partial charge in [0.05, 0.1) is 7.11 Å². The monoisotopic (exact) mass is 272 g/mol. The second kappa shape index (κ2) is 7.80. The van der Waals surface area contributed by atoms with Gasteiger partial charge >= 0.3 is 5.97 Å². The molecule has 1 aromatic rings. The van der Waals surface area contributed by atoms with Crippen molar-refractivity contribution < 1.29 is 19.1 Å². The van der Waals surface area contributed by atoms with E-state index in [1.165, 1.54) is 0 Å². The molecule has 0 heterocycles. The van der Waals surface area contributed by atoms with Gasteiger partial charge in [0, 0.05) is 11.5 Å². The molecule has 0 N–H and O–H groups in total. The lowest BCUT2D eigenvalue weighted by Gasteiger charge is -1.99. The van der Waals surface area contributed by atoms with Crippen molar-refractivity contribution in [1.29, 1.82) is 0 Å². The number of benzene rings is 1. The summed E-state index contributed by atoms with van der Waals surface area (Å²) in [6, 6.07) is 6.48. The average Bonchev–Trinajstić information content (AvgIpc) is 2.44.